The zero-order valence-corrected chi connectivity index (χ0v) is 17.7. The Kier molecular flexibility index (Phi) is 5.75. The van der Waals surface area contributed by atoms with Gasteiger partial charge < -0.3 is 9.64 Å². The number of halogens is 2. The molecule has 0 bridgehead atoms. The van der Waals surface area contributed by atoms with Gasteiger partial charge in [0.05, 0.1) is 10.0 Å². The monoisotopic (exact) mass is 448 g/mol. The van der Waals surface area contributed by atoms with E-state index in [1.54, 1.807) is 15.6 Å². The maximum absolute atomic E-state index is 13.9. The van der Waals surface area contributed by atoms with Gasteiger partial charge >= 0.3 is 6.09 Å². The van der Waals surface area contributed by atoms with Crippen molar-refractivity contribution in [1.82, 2.24) is 14.7 Å². The molecule has 148 valence electrons. The number of amides is 1. The molecule has 1 aromatic heterocycles. The Hall–Kier alpha value is -2.40. The average molecular weight is 449 g/mol. The van der Waals surface area contributed by atoms with E-state index < -0.39 is 11.4 Å². The highest BCUT2D eigenvalue weighted by molar-refractivity contribution is 9.10. The van der Waals surface area contributed by atoms with E-state index in [0.29, 0.717) is 30.9 Å². The molecular formula is C20H22BrFN4O2. The zero-order valence-electron chi connectivity index (χ0n) is 16.1. The number of nitrogens with zero attached hydrogens (tertiary/aromatic N) is 4. The van der Waals surface area contributed by atoms with Gasteiger partial charge in [-0.05, 0) is 61.2 Å². The fraction of sp³-hybridized carbons (Fsp3) is 0.450. The standard InChI is InChI=1S/C20H22BrFN4O2/c1-20(2,3)28-19(27)25-7-6-13(10-25)11-26-12-16(21)18(24-26)14-4-5-15(9-23)17(22)8-14/h4-5,8,12-13H,6-7,10-11H2,1-3H3/t13-/m0/s1. The minimum Gasteiger partial charge on any atom is -0.444 e. The van der Waals surface area contributed by atoms with Crippen LogP contribution in [0.2, 0.25) is 0 Å². The van der Waals surface area contributed by atoms with Gasteiger partial charge in [-0.2, -0.15) is 10.4 Å². The zero-order chi connectivity index (χ0) is 20.5. The molecule has 6 nitrogen and oxygen atoms in total. The lowest BCUT2D eigenvalue weighted by Crippen LogP contribution is -2.35. The van der Waals surface area contributed by atoms with Gasteiger partial charge in [0.25, 0.3) is 0 Å². The van der Waals surface area contributed by atoms with Crippen LogP contribution in [0.25, 0.3) is 11.3 Å². The molecule has 1 aliphatic rings. The van der Waals surface area contributed by atoms with E-state index in [1.807, 2.05) is 33.0 Å². The summed E-state index contributed by atoms with van der Waals surface area (Å²) in [6.07, 6.45) is 2.43. The van der Waals surface area contributed by atoms with Crippen LogP contribution < -0.4 is 0 Å². The van der Waals surface area contributed by atoms with Gasteiger partial charge in [-0.1, -0.05) is 6.07 Å². The molecule has 1 saturated heterocycles. The molecule has 1 aliphatic heterocycles. The molecule has 1 atom stereocenters. The van der Waals surface area contributed by atoms with Gasteiger partial charge in [-0.25, -0.2) is 9.18 Å². The number of rotatable bonds is 3. The Morgan fingerprint density at radius 3 is 2.86 bits per heavy atom. The first-order chi connectivity index (χ1) is 13.2. The van der Waals surface area contributed by atoms with Crippen molar-refractivity contribution in [2.75, 3.05) is 13.1 Å². The Morgan fingerprint density at radius 1 is 1.46 bits per heavy atom. The van der Waals surface area contributed by atoms with Crippen LogP contribution >= 0.6 is 15.9 Å². The summed E-state index contributed by atoms with van der Waals surface area (Å²) in [5, 5.41) is 13.4. The summed E-state index contributed by atoms with van der Waals surface area (Å²) < 4.78 is 21.9. The second-order valence-corrected chi connectivity index (χ2v) is 8.79. The molecule has 0 aliphatic carbocycles. The van der Waals surface area contributed by atoms with Crippen molar-refractivity contribution in [3.63, 3.8) is 0 Å². The number of ether oxygens (including phenoxy) is 1. The van der Waals surface area contributed by atoms with Crippen molar-refractivity contribution in [3.05, 3.63) is 40.2 Å². The topological polar surface area (TPSA) is 71.2 Å². The normalized spacial score (nSPS) is 16.9. The highest BCUT2D eigenvalue weighted by atomic mass is 79.9. The lowest BCUT2D eigenvalue weighted by atomic mass is 10.1. The van der Waals surface area contributed by atoms with E-state index in [1.165, 1.54) is 12.1 Å². The molecule has 1 aromatic carbocycles. The van der Waals surface area contributed by atoms with Crippen LogP contribution in [-0.4, -0.2) is 39.5 Å². The third kappa shape index (κ3) is 4.71. The molecule has 1 fully saturated rings. The van der Waals surface area contributed by atoms with Crippen molar-refractivity contribution in [3.8, 4) is 17.3 Å². The highest BCUT2D eigenvalue weighted by Crippen LogP contribution is 2.29. The first kappa shape index (κ1) is 20.3. The number of hydrogen-bond acceptors (Lipinski definition) is 4. The Balaban J connectivity index is 1.67. The van der Waals surface area contributed by atoms with Gasteiger partial charge in [0.1, 0.15) is 23.2 Å². The number of nitriles is 1. The van der Waals surface area contributed by atoms with Crippen molar-refractivity contribution in [1.29, 1.82) is 5.26 Å². The first-order valence-electron chi connectivity index (χ1n) is 9.07. The molecule has 8 heteroatoms. The molecule has 0 spiro atoms. The summed E-state index contributed by atoms with van der Waals surface area (Å²) in [6.45, 7) is 7.49. The van der Waals surface area contributed by atoms with Crippen LogP contribution in [0.4, 0.5) is 9.18 Å². The number of carbonyl (C=O) groups is 1. The molecule has 0 saturated carbocycles. The molecule has 0 unspecified atom stereocenters. The van der Waals surface area contributed by atoms with Crippen molar-refractivity contribution < 1.29 is 13.9 Å². The molecule has 0 radical (unpaired) electrons. The van der Waals surface area contributed by atoms with Crippen LogP contribution in [0.15, 0.2) is 28.9 Å². The first-order valence-corrected chi connectivity index (χ1v) is 9.86. The third-order valence-corrected chi connectivity index (χ3v) is 5.04. The van der Waals surface area contributed by atoms with Crippen molar-refractivity contribution in [2.24, 2.45) is 5.92 Å². The van der Waals surface area contributed by atoms with E-state index in [4.69, 9.17) is 10.00 Å². The van der Waals surface area contributed by atoms with E-state index in [2.05, 4.69) is 21.0 Å². The summed E-state index contributed by atoms with van der Waals surface area (Å²) in [7, 11) is 0. The fourth-order valence-corrected chi connectivity index (χ4v) is 3.72. The van der Waals surface area contributed by atoms with E-state index >= 15 is 0 Å². The van der Waals surface area contributed by atoms with Gasteiger partial charge in [-0.3, -0.25) is 4.68 Å². The quantitative estimate of drug-likeness (QED) is 0.688. The molecule has 0 N–H and O–H groups in total. The largest absolute Gasteiger partial charge is 0.444 e. The van der Waals surface area contributed by atoms with Crippen LogP contribution in [-0.2, 0) is 11.3 Å². The Labute approximate surface area is 172 Å². The summed E-state index contributed by atoms with van der Waals surface area (Å²) in [6, 6.07) is 6.26. The lowest BCUT2D eigenvalue weighted by molar-refractivity contribution is 0.0286. The lowest BCUT2D eigenvalue weighted by Gasteiger charge is -2.24. The SMILES string of the molecule is CC(C)(C)OC(=O)N1CC[C@H](Cn2cc(Br)c(-c3ccc(C#N)c(F)c3)n2)C1. The van der Waals surface area contributed by atoms with Crippen LogP contribution in [0.3, 0.4) is 0 Å². The van der Waals surface area contributed by atoms with Gasteiger partial charge in [-0.15, -0.1) is 0 Å². The number of carbonyl (C=O) groups excluding carboxylic acids is 1. The van der Waals surface area contributed by atoms with Crippen LogP contribution in [0.5, 0.6) is 0 Å². The van der Waals surface area contributed by atoms with Crippen LogP contribution in [0, 0.1) is 23.1 Å². The summed E-state index contributed by atoms with van der Waals surface area (Å²) in [5.74, 6) is -0.296. The van der Waals surface area contributed by atoms with Gasteiger partial charge in [0, 0.05) is 31.4 Å². The molecule has 2 aromatic rings. The number of aromatic nitrogens is 2. The highest BCUT2D eigenvalue weighted by Gasteiger charge is 2.30. The predicted octanol–water partition coefficient (Wildman–Crippen LogP) is 4.58. The molecule has 28 heavy (non-hydrogen) atoms. The minimum absolute atomic E-state index is 0.00694. The third-order valence-electron chi connectivity index (χ3n) is 4.46. The molecule has 2 heterocycles. The fourth-order valence-electron chi connectivity index (χ4n) is 3.18. The minimum atomic E-state index is -0.565. The average Bonchev–Trinajstić information content (AvgIpc) is 3.20. The predicted molar refractivity (Wildman–Crippen MR) is 106 cm³/mol. The summed E-state index contributed by atoms with van der Waals surface area (Å²) in [5.41, 5.74) is 0.717. The van der Waals surface area contributed by atoms with E-state index in [9.17, 15) is 9.18 Å². The maximum Gasteiger partial charge on any atom is 0.410 e. The van der Waals surface area contributed by atoms with E-state index in [-0.39, 0.29) is 17.6 Å². The molecule has 1 amide bonds. The molecule has 3 rings (SSSR count). The summed E-state index contributed by atoms with van der Waals surface area (Å²) in [4.78, 5) is 13.9. The van der Waals surface area contributed by atoms with E-state index in [0.717, 1.165) is 10.9 Å². The molecular weight excluding hydrogens is 427 g/mol. The van der Waals surface area contributed by atoms with Crippen LogP contribution in [0.1, 0.15) is 32.8 Å². The van der Waals surface area contributed by atoms with Crippen molar-refractivity contribution in [2.45, 2.75) is 39.3 Å². The van der Waals surface area contributed by atoms with Gasteiger partial charge in [0.2, 0.25) is 0 Å². The summed E-state index contributed by atoms with van der Waals surface area (Å²) >= 11 is 3.48. The smallest absolute Gasteiger partial charge is 0.410 e. The number of benzene rings is 1. The van der Waals surface area contributed by atoms with Crippen molar-refractivity contribution >= 4 is 22.0 Å². The Bertz CT molecular complexity index is 929. The second-order valence-electron chi connectivity index (χ2n) is 7.94. The number of hydrogen-bond donors (Lipinski definition) is 0. The maximum atomic E-state index is 13.9. The number of likely N-dealkylation sites (tertiary alicyclic amines) is 1. The second kappa shape index (κ2) is 7.92. The Morgan fingerprint density at radius 2 is 2.21 bits per heavy atom. The van der Waals surface area contributed by atoms with Gasteiger partial charge in [0.15, 0.2) is 0 Å².